The Morgan fingerprint density at radius 3 is 2.75 bits per heavy atom. The van der Waals surface area contributed by atoms with E-state index in [1.165, 1.54) is 12.8 Å². The minimum Gasteiger partial charge on any atom is -0.451 e. The van der Waals surface area contributed by atoms with Crippen LogP contribution in [0.3, 0.4) is 0 Å². The Morgan fingerprint density at radius 1 is 1.29 bits per heavy atom. The molecule has 0 atom stereocenters. The lowest BCUT2D eigenvalue weighted by atomic mass is 10.0. The van der Waals surface area contributed by atoms with E-state index in [0.717, 1.165) is 17.0 Å². The zero-order chi connectivity index (χ0) is 17.1. The summed E-state index contributed by atoms with van der Waals surface area (Å²) in [5, 5.41) is 12.0. The topological polar surface area (TPSA) is 106 Å². The van der Waals surface area contributed by atoms with Crippen LogP contribution in [-0.4, -0.2) is 33.2 Å². The molecule has 0 radical (unpaired) electrons. The van der Waals surface area contributed by atoms with E-state index in [9.17, 15) is 0 Å². The van der Waals surface area contributed by atoms with Gasteiger partial charge in [-0.25, -0.2) is 4.98 Å². The molecule has 0 saturated heterocycles. The third-order valence-electron chi connectivity index (χ3n) is 3.93. The number of hydrogen-bond acceptors (Lipinski definition) is 7. The smallest absolute Gasteiger partial charge is 0.222 e. The summed E-state index contributed by atoms with van der Waals surface area (Å²) in [6, 6.07) is 2.01. The van der Waals surface area contributed by atoms with E-state index >= 15 is 0 Å². The summed E-state index contributed by atoms with van der Waals surface area (Å²) in [5.74, 6) is 2.69. The average Bonchev–Trinajstić information content (AvgIpc) is 3.39. The molecule has 0 unspecified atom stereocenters. The number of hydrogen-bond donors (Lipinski definition) is 3. The Balaban J connectivity index is 1.93. The van der Waals surface area contributed by atoms with Crippen molar-refractivity contribution in [1.29, 1.82) is 0 Å². The maximum Gasteiger partial charge on any atom is 0.222 e. The molecule has 4 N–H and O–H groups in total. The SMILES string of the molecule is CC(C)c1cnc(C2CC2)cc1Oc1cnc(N)nc1NCCO. The van der Waals surface area contributed by atoms with Crippen LogP contribution < -0.4 is 15.8 Å². The van der Waals surface area contributed by atoms with Crippen LogP contribution in [0.2, 0.25) is 0 Å². The van der Waals surface area contributed by atoms with Gasteiger partial charge >= 0.3 is 0 Å². The standard InChI is InChI=1S/C17H23N5O2/c1-10(2)12-8-20-13(11-3-4-11)7-14(12)24-15-9-21-17(18)22-16(15)19-5-6-23/h7-11,23H,3-6H2,1-2H3,(H3,18,19,21,22). The van der Waals surface area contributed by atoms with Crippen molar-refractivity contribution in [2.45, 2.75) is 38.5 Å². The number of aliphatic hydroxyl groups excluding tert-OH is 1. The van der Waals surface area contributed by atoms with Crippen molar-refractivity contribution in [2.75, 3.05) is 24.2 Å². The van der Waals surface area contributed by atoms with Gasteiger partial charge in [0.25, 0.3) is 0 Å². The van der Waals surface area contributed by atoms with Crippen molar-refractivity contribution in [1.82, 2.24) is 15.0 Å². The van der Waals surface area contributed by atoms with Gasteiger partial charge in [-0.05, 0) is 18.8 Å². The first-order valence-electron chi connectivity index (χ1n) is 8.23. The number of nitrogens with zero attached hydrogens (tertiary/aromatic N) is 3. The molecule has 0 aliphatic heterocycles. The van der Waals surface area contributed by atoms with Gasteiger partial charge in [0.2, 0.25) is 5.95 Å². The van der Waals surface area contributed by atoms with Crippen molar-refractivity contribution in [3.05, 3.63) is 29.7 Å². The molecular weight excluding hydrogens is 306 g/mol. The molecule has 0 spiro atoms. The number of aromatic nitrogens is 3. The van der Waals surface area contributed by atoms with E-state index in [-0.39, 0.29) is 18.5 Å². The Bertz CT molecular complexity index is 716. The number of aliphatic hydroxyl groups is 1. The highest BCUT2D eigenvalue weighted by atomic mass is 16.5. The van der Waals surface area contributed by atoms with Crippen LogP contribution in [0, 0.1) is 0 Å². The molecule has 1 fully saturated rings. The summed E-state index contributed by atoms with van der Waals surface area (Å²) >= 11 is 0. The van der Waals surface area contributed by atoms with Crippen molar-refractivity contribution >= 4 is 11.8 Å². The lowest BCUT2D eigenvalue weighted by Gasteiger charge is -2.16. The first kappa shape index (κ1) is 16.4. The largest absolute Gasteiger partial charge is 0.451 e. The molecule has 2 aromatic heterocycles. The summed E-state index contributed by atoms with van der Waals surface area (Å²) < 4.78 is 6.11. The Morgan fingerprint density at radius 2 is 2.08 bits per heavy atom. The molecule has 3 rings (SSSR count). The number of pyridine rings is 1. The van der Waals surface area contributed by atoms with Crippen LogP contribution in [0.4, 0.5) is 11.8 Å². The maximum atomic E-state index is 9.01. The lowest BCUT2D eigenvalue weighted by Crippen LogP contribution is -2.10. The van der Waals surface area contributed by atoms with E-state index in [2.05, 4.69) is 34.1 Å². The predicted molar refractivity (Wildman–Crippen MR) is 92.4 cm³/mol. The zero-order valence-electron chi connectivity index (χ0n) is 14.0. The van der Waals surface area contributed by atoms with Crippen molar-refractivity contribution in [3.8, 4) is 11.5 Å². The number of rotatable bonds is 7. The highest BCUT2D eigenvalue weighted by Crippen LogP contribution is 2.42. The first-order chi connectivity index (χ1) is 11.6. The first-order valence-corrected chi connectivity index (χ1v) is 8.23. The van der Waals surface area contributed by atoms with Crippen LogP contribution in [0.25, 0.3) is 0 Å². The quantitative estimate of drug-likeness (QED) is 0.717. The summed E-state index contributed by atoms with van der Waals surface area (Å²) in [7, 11) is 0. The molecule has 1 aliphatic rings. The van der Waals surface area contributed by atoms with E-state index in [4.69, 9.17) is 15.6 Å². The fraction of sp³-hybridized carbons (Fsp3) is 0.471. The maximum absolute atomic E-state index is 9.01. The second kappa shape index (κ2) is 7.00. The van der Waals surface area contributed by atoms with Crippen molar-refractivity contribution in [2.24, 2.45) is 0 Å². The molecule has 0 aromatic carbocycles. The molecule has 1 aliphatic carbocycles. The summed E-state index contributed by atoms with van der Waals surface area (Å²) in [6.45, 7) is 4.55. The van der Waals surface area contributed by atoms with Crippen LogP contribution in [-0.2, 0) is 0 Å². The summed E-state index contributed by atoms with van der Waals surface area (Å²) in [4.78, 5) is 12.7. The number of ether oxygens (including phenoxy) is 1. The van der Waals surface area contributed by atoms with Crippen LogP contribution >= 0.6 is 0 Å². The minimum absolute atomic E-state index is 0.0122. The van der Waals surface area contributed by atoms with Gasteiger partial charge in [0.05, 0.1) is 12.8 Å². The van der Waals surface area contributed by atoms with Crippen LogP contribution in [0.5, 0.6) is 11.5 Å². The molecular formula is C17H23N5O2. The third-order valence-corrected chi connectivity index (χ3v) is 3.93. The van der Waals surface area contributed by atoms with Gasteiger partial charge in [-0.15, -0.1) is 0 Å². The minimum atomic E-state index is -0.0122. The highest BCUT2D eigenvalue weighted by Gasteiger charge is 2.26. The van der Waals surface area contributed by atoms with E-state index < -0.39 is 0 Å². The van der Waals surface area contributed by atoms with E-state index in [1.54, 1.807) is 6.20 Å². The normalized spacial score (nSPS) is 14.0. The van der Waals surface area contributed by atoms with Gasteiger partial charge in [-0.3, -0.25) is 4.98 Å². The third kappa shape index (κ3) is 3.73. The molecule has 7 nitrogen and oxygen atoms in total. The Kier molecular flexibility index (Phi) is 4.80. The number of nitrogen functional groups attached to an aromatic ring is 1. The van der Waals surface area contributed by atoms with Gasteiger partial charge < -0.3 is 20.9 Å². The van der Waals surface area contributed by atoms with Gasteiger partial charge in [0, 0.05) is 36.0 Å². The molecule has 0 bridgehead atoms. The van der Waals surface area contributed by atoms with Gasteiger partial charge in [-0.2, -0.15) is 4.98 Å². The molecule has 1 saturated carbocycles. The van der Waals surface area contributed by atoms with E-state index in [0.29, 0.717) is 24.0 Å². The molecule has 24 heavy (non-hydrogen) atoms. The van der Waals surface area contributed by atoms with E-state index in [1.807, 2.05) is 12.3 Å². The fourth-order valence-electron chi connectivity index (χ4n) is 2.47. The molecule has 0 amide bonds. The van der Waals surface area contributed by atoms with Crippen molar-refractivity contribution in [3.63, 3.8) is 0 Å². The highest BCUT2D eigenvalue weighted by molar-refractivity contribution is 5.53. The predicted octanol–water partition coefficient (Wildman–Crippen LogP) is 2.65. The van der Waals surface area contributed by atoms with Gasteiger partial charge in [0.15, 0.2) is 11.6 Å². The van der Waals surface area contributed by atoms with Gasteiger partial charge in [0.1, 0.15) is 5.75 Å². The number of nitrogens with one attached hydrogen (secondary N) is 1. The average molecular weight is 329 g/mol. The molecule has 2 aromatic rings. The molecule has 7 heteroatoms. The number of nitrogens with two attached hydrogens (primary N) is 1. The number of anilines is 2. The van der Waals surface area contributed by atoms with Crippen molar-refractivity contribution < 1.29 is 9.84 Å². The Labute approximate surface area is 141 Å². The zero-order valence-corrected chi connectivity index (χ0v) is 14.0. The lowest BCUT2D eigenvalue weighted by molar-refractivity contribution is 0.310. The summed E-state index contributed by atoms with van der Waals surface area (Å²) in [6.07, 6.45) is 5.81. The fourth-order valence-corrected chi connectivity index (χ4v) is 2.47. The van der Waals surface area contributed by atoms with Crippen LogP contribution in [0.1, 0.15) is 49.8 Å². The molecule has 128 valence electrons. The second-order valence-electron chi connectivity index (χ2n) is 6.27. The Hall–Kier alpha value is -2.41. The second-order valence-corrected chi connectivity index (χ2v) is 6.27. The summed E-state index contributed by atoms with van der Waals surface area (Å²) in [5.41, 5.74) is 7.75. The molecule has 2 heterocycles. The van der Waals surface area contributed by atoms with Gasteiger partial charge in [-0.1, -0.05) is 13.8 Å². The van der Waals surface area contributed by atoms with Crippen LogP contribution in [0.15, 0.2) is 18.5 Å². The monoisotopic (exact) mass is 329 g/mol.